The minimum absolute atomic E-state index is 0.125. The van der Waals surface area contributed by atoms with E-state index in [2.05, 4.69) is 37.4 Å². The van der Waals surface area contributed by atoms with E-state index in [1.54, 1.807) is 23.1 Å². The second-order valence-corrected chi connectivity index (χ2v) is 10.9. The number of halogens is 2. The van der Waals surface area contributed by atoms with Gasteiger partial charge in [0.2, 0.25) is 11.8 Å². The second kappa shape index (κ2) is 15.1. The quantitative estimate of drug-likeness (QED) is 0.228. The lowest BCUT2D eigenvalue weighted by Gasteiger charge is -2.32. The number of aryl methyl sites for hydroxylation is 1. The summed E-state index contributed by atoms with van der Waals surface area (Å²) in [5, 5.41) is 3.99. The van der Waals surface area contributed by atoms with Gasteiger partial charge in [-0.2, -0.15) is 0 Å². The number of carbonyl (C=O) groups is 2. The Kier molecular flexibility index (Phi) is 11.8. The van der Waals surface area contributed by atoms with Gasteiger partial charge in [-0.1, -0.05) is 103 Å². The second-order valence-electron chi connectivity index (χ2n) is 9.05. The SMILES string of the molecule is CCCCNC(=O)[C@@H](Cc1ccccc1)N(Cc1c(Cl)cccc1Cl)C(=O)CSCc1cccc(C)c1. The van der Waals surface area contributed by atoms with E-state index in [4.69, 9.17) is 23.2 Å². The van der Waals surface area contributed by atoms with E-state index in [0.29, 0.717) is 34.3 Å². The molecule has 0 bridgehead atoms. The third kappa shape index (κ3) is 9.10. The largest absolute Gasteiger partial charge is 0.354 e. The summed E-state index contributed by atoms with van der Waals surface area (Å²) in [6.45, 7) is 4.85. The zero-order valence-corrected chi connectivity index (χ0v) is 23.7. The standard InChI is InChI=1S/C30H34Cl2N2O2S/c1-3-4-16-33-30(36)28(18-23-11-6-5-7-12-23)34(19-25-26(31)14-9-15-27(25)32)29(35)21-37-20-24-13-8-10-22(2)17-24/h5-15,17,28H,3-4,16,18-21H2,1-2H3,(H,33,36)/t28-/m1/s1. The number of benzene rings is 3. The van der Waals surface area contributed by atoms with Crippen LogP contribution >= 0.6 is 35.0 Å². The summed E-state index contributed by atoms with van der Waals surface area (Å²) in [6.07, 6.45) is 2.24. The van der Waals surface area contributed by atoms with E-state index in [0.717, 1.165) is 24.0 Å². The molecule has 1 N–H and O–H groups in total. The maximum Gasteiger partial charge on any atom is 0.243 e. The highest BCUT2D eigenvalue weighted by atomic mass is 35.5. The third-order valence-corrected chi connectivity index (χ3v) is 7.76. The molecule has 37 heavy (non-hydrogen) atoms. The number of unbranched alkanes of at least 4 members (excludes halogenated alkanes) is 1. The normalized spacial score (nSPS) is 11.7. The van der Waals surface area contributed by atoms with Gasteiger partial charge in [-0.3, -0.25) is 9.59 Å². The van der Waals surface area contributed by atoms with Gasteiger partial charge < -0.3 is 10.2 Å². The number of hydrogen-bond acceptors (Lipinski definition) is 3. The molecule has 0 fully saturated rings. The highest BCUT2D eigenvalue weighted by Crippen LogP contribution is 2.28. The van der Waals surface area contributed by atoms with Crippen LogP contribution in [-0.2, 0) is 28.3 Å². The van der Waals surface area contributed by atoms with Crippen LogP contribution in [-0.4, -0.2) is 35.1 Å². The fraction of sp³-hybridized carbons (Fsp3) is 0.333. The van der Waals surface area contributed by atoms with Crippen molar-refractivity contribution in [2.24, 2.45) is 0 Å². The van der Waals surface area contributed by atoms with Gasteiger partial charge in [-0.05, 0) is 36.6 Å². The summed E-state index contributed by atoms with van der Waals surface area (Å²) >= 11 is 14.5. The van der Waals surface area contributed by atoms with Crippen molar-refractivity contribution in [1.82, 2.24) is 10.2 Å². The first-order valence-corrected chi connectivity index (χ1v) is 14.5. The number of nitrogens with one attached hydrogen (secondary N) is 1. The summed E-state index contributed by atoms with van der Waals surface area (Å²) < 4.78 is 0. The molecule has 4 nitrogen and oxygen atoms in total. The van der Waals surface area contributed by atoms with Gasteiger partial charge in [0.15, 0.2) is 0 Å². The van der Waals surface area contributed by atoms with Crippen LogP contribution in [0.3, 0.4) is 0 Å². The molecule has 0 spiro atoms. The topological polar surface area (TPSA) is 49.4 Å². The lowest BCUT2D eigenvalue weighted by atomic mass is 10.0. The van der Waals surface area contributed by atoms with Gasteiger partial charge in [0.05, 0.1) is 5.75 Å². The number of amides is 2. The molecule has 0 unspecified atom stereocenters. The monoisotopic (exact) mass is 556 g/mol. The van der Waals surface area contributed by atoms with E-state index in [9.17, 15) is 9.59 Å². The van der Waals surface area contributed by atoms with Crippen molar-refractivity contribution in [2.75, 3.05) is 12.3 Å². The molecule has 0 aliphatic rings. The predicted octanol–water partition coefficient (Wildman–Crippen LogP) is 7.09. The van der Waals surface area contributed by atoms with Crippen LogP contribution in [0.5, 0.6) is 0 Å². The molecular weight excluding hydrogens is 523 g/mol. The smallest absolute Gasteiger partial charge is 0.243 e. The highest BCUT2D eigenvalue weighted by Gasteiger charge is 2.31. The number of rotatable bonds is 13. The van der Waals surface area contributed by atoms with Crippen LogP contribution < -0.4 is 5.32 Å². The van der Waals surface area contributed by atoms with E-state index in [1.165, 1.54) is 17.3 Å². The Balaban J connectivity index is 1.88. The van der Waals surface area contributed by atoms with Crippen LogP contribution in [0.1, 0.15) is 42.0 Å². The van der Waals surface area contributed by atoms with Gasteiger partial charge >= 0.3 is 0 Å². The van der Waals surface area contributed by atoms with Gasteiger partial charge in [-0.25, -0.2) is 0 Å². The summed E-state index contributed by atoms with van der Waals surface area (Å²) in [6, 6.07) is 22.6. The molecule has 196 valence electrons. The number of carbonyl (C=O) groups excluding carboxylic acids is 2. The molecule has 0 aromatic heterocycles. The zero-order valence-electron chi connectivity index (χ0n) is 21.4. The highest BCUT2D eigenvalue weighted by molar-refractivity contribution is 7.99. The molecule has 0 heterocycles. The Hall–Kier alpha value is -2.47. The lowest BCUT2D eigenvalue weighted by Crippen LogP contribution is -2.51. The van der Waals surface area contributed by atoms with Crippen molar-refractivity contribution >= 4 is 46.8 Å². The van der Waals surface area contributed by atoms with Gasteiger partial charge in [0.1, 0.15) is 6.04 Å². The van der Waals surface area contributed by atoms with Crippen molar-refractivity contribution in [3.8, 4) is 0 Å². The fourth-order valence-electron chi connectivity index (χ4n) is 4.05. The van der Waals surface area contributed by atoms with Gasteiger partial charge in [0.25, 0.3) is 0 Å². The summed E-state index contributed by atoms with van der Waals surface area (Å²) in [5.74, 6) is 0.654. The third-order valence-electron chi connectivity index (χ3n) is 6.07. The molecule has 0 saturated carbocycles. The Morgan fingerprint density at radius 3 is 2.30 bits per heavy atom. The summed E-state index contributed by atoms with van der Waals surface area (Å²) in [4.78, 5) is 28.9. The maximum atomic E-state index is 13.7. The first kappa shape index (κ1) is 29.1. The Bertz CT molecular complexity index is 1150. The average molecular weight is 558 g/mol. The first-order chi connectivity index (χ1) is 17.9. The van der Waals surface area contributed by atoms with Crippen molar-refractivity contribution in [1.29, 1.82) is 0 Å². The number of hydrogen-bond donors (Lipinski definition) is 1. The van der Waals surface area contributed by atoms with Crippen LogP contribution in [0, 0.1) is 6.92 Å². The van der Waals surface area contributed by atoms with Gasteiger partial charge in [0, 0.05) is 40.9 Å². The Morgan fingerprint density at radius 2 is 1.62 bits per heavy atom. The van der Waals surface area contributed by atoms with Crippen molar-refractivity contribution in [3.63, 3.8) is 0 Å². The number of nitrogens with zero attached hydrogens (tertiary/aromatic N) is 1. The van der Waals surface area contributed by atoms with Gasteiger partial charge in [-0.15, -0.1) is 11.8 Å². The molecule has 3 rings (SSSR count). The van der Waals surface area contributed by atoms with Crippen LogP contribution in [0.15, 0.2) is 72.8 Å². The average Bonchev–Trinajstić information content (AvgIpc) is 2.88. The Morgan fingerprint density at radius 1 is 0.946 bits per heavy atom. The van der Waals surface area contributed by atoms with E-state index >= 15 is 0 Å². The summed E-state index contributed by atoms with van der Waals surface area (Å²) in [5.41, 5.74) is 3.97. The molecule has 2 amide bonds. The number of thioether (sulfide) groups is 1. The first-order valence-electron chi connectivity index (χ1n) is 12.6. The molecule has 0 aliphatic carbocycles. The molecule has 0 aliphatic heterocycles. The molecule has 7 heteroatoms. The minimum Gasteiger partial charge on any atom is -0.354 e. The van der Waals surface area contributed by atoms with Crippen molar-refractivity contribution in [3.05, 3.63) is 105 Å². The van der Waals surface area contributed by atoms with Crippen LogP contribution in [0.25, 0.3) is 0 Å². The molecule has 3 aromatic rings. The summed E-state index contributed by atoms with van der Waals surface area (Å²) in [7, 11) is 0. The molecule has 0 radical (unpaired) electrons. The lowest BCUT2D eigenvalue weighted by molar-refractivity contribution is -0.139. The van der Waals surface area contributed by atoms with E-state index in [1.807, 2.05) is 36.4 Å². The molecule has 1 atom stereocenters. The maximum absolute atomic E-state index is 13.7. The van der Waals surface area contributed by atoms with Crippen molar-refractivity contribution < 1.29 is 9.59 Å². The molecular formula is C30H34Cl2N2O2S. The molecule has 0 saturated heterocycles. The van der Waals surface area contributed by atoms with Crippen molar-refractivity contribution in [2.45, 2.75) is 51.4 Å². The molecule has 3 aromatic carbocycles. The zero-order chi connectivity index (χ0) is 26.6. The van der Waals surface area contributed by atoms with Crippen LogP contribution in [0.4, 0.5) is 0 Å². The minimum atomic E-state index is -0.696. The Labute approximate surface area is 234 Å². The fourth-order valence-corrected chi connectivity index (χ4v) is 5.43. The predicted molar refractivity (Wildman–Crippen MR) is 156 cm³/mol. The van der Waals surface area contributed by atoms with E-state index < -0.39 is 6.04 Å². The van der Waals surface area contributed by atoms with Crippen LogP contribution in [0.2, 0.25) is 10.0 Å². The van der Waals surface area contributed by atoms with E-state index in [-0.39, 0.29) is 24.1 Å².